The second-order valence-electron chi connectivity index (χ2n) is 5.83. The monoisotopic (exact) mass is 293 g/mol. The molecule has 0 aromatic carbocycles. The van der Waals surface area contributed by atoms with E-state index in [1.807, 2.05) is 0 Å². The zero-order valence-electron chi connectivity index (χ0n) is 12.1. The van der Waals surface area contributed by atoms with Gasteiger partial charge in [-0.2, -0.15) is 0 Å². The van der Waals surface area contributed by atoms with Crippen molar-refractivity contribution in [1.29, 1.82) is 0 Å². The van der Waals surface area contributed by atoms with Gasteiger partial charge in [-0.1, -0.05) is 0 Å². The van der Waals surface area contributed by atoms with Crippen LogP contribution in [0.5, 0.6) is 0 Å². The third kappa shape index (κ3) is 3.28. The summed E-state index contributed by atoms with van der Waals surface area (Å²) in [6, 6.07) is 2.81. The van der Waals surface area contributed by atoms with Gasteiger partial charge in [-0.05, 0) is 36.9 Å². The number of nitrogens with one attached hydrogen (secondary N) is 1. The maximum Gasteiger partial charge on any atom is 0.169 e. The molecule has 1 unspecified atom stereocenters. The van der Waals surface area contributed by atoms with E-state index < -0.39 is 0 Å². The molecular weight excluding hydrogens is 270 g/mol. The summed E-state index contributed by atoms with van der Waals surface area (Å²) in [5.74, 6) is 0.180. The van der Waals surface area contributed by atoms with Gasteiger partial charge in [-0.3, -0.25) is 14.6 Å². The van der Waals surface area contributed by atoms with Crippen LogP contribution in [-0.4, -0.2) is 60.9 Å². The molecule has 20 heavy (non-hydrogen) atoms. The maximum absolute atomic E-state index is 11.3. The molecule has 4 nitrogen and oxygen atoms in total. The van der Waals surface area contributed by atoms with Crippen LogP contribution in [0.2, 0.25) is 0 Å². The van der Waals surface area contributed by atoms with Crippen LogP contribution in [0.25, 0.3) is 0 Å². The molecule has 2 aliphatic rings. The fourth-order valence-corrected chi connectivity index (χ4v) is 3.95. The normalized spacial score (nSPS) is 25.1. The summed E-state index contributed by atoms with van der Waals surface area (Å²) in [4.78, 5) is 17.3. The SMILES string of the molecule is CC(=O)c1cc(CN2CCN(C3CCNC3)CC2)cs1. The molecule has 2 aliphatic heterocycles. The van der Waals surface area contributed by atoms with E-state index >= 15 is 0 Å². The number of rotatable bonds is 4. The highest BCUT2D eigenvalue weighted by molar-refractivity contribution is 7.12. The number of hydrogen-bond donors (Lipinski definition) is 1. The molecule has 0 saturated carbocycles. The zero-order chi connectivity index (χ0) is 13.9. The van der Waals surface area contributed by atoms with Crippen molar-refractivity contribution < 1.29 is 4.79 Å². The van der Waals surface area contributed by atoms with Gasteiger partial charge < -0.3 is 5.32 Å². The molecule has 1 aromatic rings. The standard InChI is InChI=1S/C15H23N3OS/c1-12(19)15-8-13(11-20-15)10-17-4-6-18(7-5-17)14-2-3-16-9-14/h8,11,14,16H,2-7,9-10H2,1H3. The first-order valence-electron chi connectivity index (χ1n) is 7.48. The maximum atomic E-state index is 11.3. The third-order valence-electron chi connectivity index (χ3n) is 4.36. The van der Waals surface area contributed by atoms with Crippen molar-refractivity contribution in [2.24, 2.45) is 0 Å². The minimum atomic E-state index is 0.180. The van der Waals surface area contributed by atoms with E-state index in [0.717, 1.165) is 37.1 Å². The number of carbonyl (C=O) groups excluding carboxylic acids is 1. The number of ketones is 1. The Balaban J connectivity index is 1.49. The lowest BCUT2D eigenvalue weighted by Gasteiger charge is -2.37. The fourth-order valence-electron chi connectivity index (χ4n) is 3.14. The fraction of sp³-hybridized carbons (Fsp3) is 0.667. The van der Waals surface area contributed by atoms with Crippen molar-refractivity contribution in [3.8, 4) is 0 Å². The van der Waals surface area contributed by atoms with Crippen molar-refractivity contribution in [3.63, 3.8) is 0 Å². The molecule has 1 aromatic heterocycles. The molecule has 0 aliphatic carbocycles. The highest BCUT2D eigenvalue weighted by Crippen LogP contribution is 2.18. The highest BCUT2D eigenvalue weighted by atomic mass is 32.1. The van der Waals surface area contributed by atoms with Crippen molar-refractivity contribution in [3.05, 3.63) is 21.9 Å². The van der Waals surface area contributed by atoms with Crippen molar-refractivity contribution in [2.75, 3.05) is 39.3 Å². The first-order valence-corrected chi connectivity index (χ1v) is 8.36. The molecule has 0 bridgehead atoms. The summed E-state index contributed by atoms with van der Waals surface area (Å²) in [6.07, 6.45) is 1.30. The Morgan fingerprint density at radius 2 is 2.20 bits per heavy atom. The Bertz CT molecular complexity index is 459. The topological polar surface area (TPSA) is 35.6 Å². The highest BCUT2D eigenvalue weighted by Gasteiger charge is 2.25. The van der Waals surface area contributed by atoms with Crippen LogP contribution in [0, 0.1) is 0 Å². The van der Waals surface area contributed by atoms with Crippen molar-refractivity contribution in [1.82, 2.24) is 15.1 Å². The Hall–Kier alpha value is -0.750. The lowest BCUT2D eigenvalue weighted by atomic mass is 10.1. The zero-order valence-corrected chi connectivity index (χ0v) is 12.9. The van der Waals surface area contributed by atoms with E-state index in [0.29, 0.717) is 0 Å². The van der Waals surface area contributed by atoms with Gasteiger partial charge in [0.05, 0.1) is 4.88 Å². The van der Waals surface area contributed by atoms with Gasteiger partial charge in [0.1, 0.15) is 0 Å². The van der Waals surface area contributed by atoms with Crippen LogP contribution >= 0.6 is 11.3 Å². The minimum Gasteiger partial charge on any atom is -0.315 e. The summed E-state index contributed by atoms with van der Waals surface area (Å²) in [5, 5.41) is 5.58. The molecule has 110 valence electrons. The summed E-state index contributed by atoms with van der Waals surface area (Å²) >= 11 is 1.57. The van der Waals surface area contributed by atoms with Crippen LogP contribution in [0.1, 0.15) is 28.6 Å². The Morgan fingerprint density at radius 1 is 1.40 bits per heavy atom. The lowest BCUT2D eigenvalue weighted by Crippen LogP contribution is -2.50. The number of thiophene rings is 1. The molecule has 1 N–H and O–H groups in total. The molecule has 0 amide bonds. The average molecular weight is 293 g/mol. The van der Waals surface area contributed by atoms with Crippen LogP contribution in [-0.2, 0) is 6.54 Å². The number of nitrogens with zero attached hydrogens (tertiary/aromatic N) is 2. The predicted molar refractivity (Wildman–Crippen MR) is 82.4 cm³/mol. The van der Waals surface area contributed by atoms with Crippen molar-refractivity contribution >= 4 is 17.1 Å². The molecule has 5 heteroatoms. The lowest BCUT2D eigenvalue weighted by molar-refractivity contribution is 0.0980. The van der Waals surface area contributed by atoms with E-state index in [1.165, 1.54) is 31.6 Å². The average Bonchev–Trinajstić information content (AvgIpc) is 3.10. The summed E-state index contributed by atoms with van der Waals surface area (Å²) in [7, 11) is 0. The second-order valence-corrected chi connectivity index (χ2v) is 6.75. The molecule has 3 heterocycles. The van der Waals surface area contributed by atoms with Gasteiger partial charge in [-0.15, -0.1) is 11.3 Å². The molecular formula is C15H23N3OS. The smallest absolute Gasteiger partial charge is 0.169 e. The van der Waals surface area contributed by atoms with Crippen LogP contribution in [0.3, 0.4) is 0 Å². The van der Waals surface area contributed by atoms with Gasteiger partial charge >= 0.3 is 0 Å². The van der Waals surface area contributed by atoms with E-state index in [-0.39, 0.29) is 5.78 Å². The Kier molecular flexibility index (Phi) is 4.51. The minimum absolute atomic E-state index is 0.180. The predicted octanol–water partition coefficient (Wildman–Crippen LogP) is 1.43. The quantitative estimate of drug-likeness (QED) is 0.852. The third-order valence-corrected chi connectivity index (χ3v) is 5.44. The van der Waals surface area contributed by atoms with Gasteiger partial charge in [-0.25, -0.2) is 0 Å². The molecule has 3 rings (SSSR count). The summed E-state index contributed by atoms with van der Waals surface area (Å²) < 4.78 is 0. The Morgan fingerprint density at radius 3 is 2.80 bits per heavy atom. The van der Waals surface area contributed by atoms with E-state index in [4.69, 9.17) is 0 Å². The van der Waals surface area contributed by atoms with E-state index in [1.54, 1.807) is 18.3 Å². The number of hydrogen-bond acceptors (Lipinski definition) is 5. The summed E-state index contributed by atoms with van der Waals surface area (Å²) in [5.41, 5.74) is 1.29. The van der Waals surface area contributed by atoms with Gasteiger partial charge in [0, 0.05) is 45.3 Å². The number of Topliss-reactive ketones (excluding diaryl/α,β-unsaturated/α-hetero) is 1. The first kappa shape index (κ1) is 14.2. The van der Waals surface area contributed by atoms with Gasteiger partial charge in [0.15, 0.2) is 5.78 Å². The Labute approximate surface area is 124 Å². The van der Waals surface area contributed by atoms with Crippen LogP contribution in [0.4, 0.5) is 0 Å². The molecule has 2 saturated heterocycles. The number of piperazine rings is 1. The van der Waals surface area contributed by atoms with Crippen LogP contribution in [0.15, 0.2) is 11.4 Å². The first-order chi connectivity index (χ1) is 9.72. The summed E-state index contributed by atoms with van der Waals surface area (Å²) in [6.45, 7) is 9.60. The van der Waals surface area contributed by atoms with Crippen molar-refractivity contribution in [2.45, 2.75) is 25.9 Å². The molecule has 2 fully saturated rings. The molecule has 0 spiro atoms. The van der Waals surface area contributed by atoms with Gasteiger partial charge in [0.25, 0.3) is 0 Å². The second kappa shape index (κ2) is 6.35. The van der Waals surface area contributed by atoms with E-state index in [2.05, 4.69) is 26.6 Å². The van der Waals surface area contributed by atoms with E-state index in [9.17, 15) is 4.79 Å². The van der Waals surface area contributed by atoms with Gasteiger partial charge in [0.2, 0.25) is 0 Å². The largest absolute Gasteiger partial charge is 0.315 e. The molecule has 0 radical (unpaired) electrons. The molecule has 1 atom stereocenters. The number of carbonyl (C=O) groups is 1. The van der Waals surface area contributed by atoms with Crippen LogP contribution < -0.4 is 5.32 Å².